The van der Waals surface area contributed by atoms with Gasteiger partial charge in [0.15, 0.2) is 9.84 Å². The van der Waals surface area contributed by atoms with E-state index in [1.807, 2.05) is 69.3 Å². The van der Waals surface area contributed by atoms with Crippen molar-refractivity contribution in [2.24, 2.45) is 0 Å². The number of aryl methyl sites for hydroxylation is 2. The predicted octanol–water partition coefficient (Wildman–Crippen LogP) is 5.33. The minimum absolute atomic E-state index is 0.00572. The van der Waals surface area contributed by atoms with Gasteiger partial charge in [-0.15, -0.1) is 0 Å². The zero-order chi connectivity index (χ0) is 28.8. The van der Waals surface area contributed by atoms with Crippen LogP contribution in [0.3, 0.4) is 0 Å². The molecule has 216 valence electrons. The quantitative estimate of drug-likeness (QED) is 0.305. The molecule has 1 heterocycles. The molecular formula is C32H40O7S. The highest BCUT2D eigenvalue weighted by atomic mass is 32.2. The van der Waals surface area contributed by atoms with Crippen molar-refractivity contribution in [3.05, 3.63) is 82.9 Å². The number of hydrogen-bond acceptors (Lipinski definition) is 7. The molecule has 0 amide bonds. The third-order valence-electron chi connectivity index (χ3n) is 7.40. The third-order valence-corrected chi connectivity index (χ3v) is 9.06. The summed E-state index contributed by atoms with van der Waals surface area (Å²) in [5.74, 6) is 1.41. The molecule has 1 saturated heterocycles. The number of hydrogen-bond donors (Lipinski definition) is 2. The molecule has 4 rings (SSSR count). The van der Waals surface area contributed by atoms with Gasteiger partial charge in [-0.2, -0.15) is 0 Å². The molecule has 1 fully saturated rings. The molecule has 3 aromatic carbocycles. The summed E-state index contributed by atoms with van der Waals surface area (Å²) < 4.78 is 41.2. The lowest BCUT2D eigenvalue weighted by atomic mass is 9.94. The van der Waals surface area contributed by atoms with E-state index >= 15 is 0 Å². The smallest absolute Gasteiger partial charge is 0.150 e. The van der Waals surface area contributed by atoms with Gasteiger partial charge in [0.25, 0.3) is 0 Å². The van der Waals surface area contributed by atoms with Crippen molar-refractivity contribution in [3.8, 4) is 22.6 Å². The Labute approximate surface area is 237 Å². The molecule has 8 heteroatoms. The van der Waals surface area contributed by atoms with Crippen LogP contribution in [0.4, 0.5) is 0 Å². The fourth-order valence-corrected chi connectivity index (χ4v) is 6.76. The molecule has 3 aromatic rings. The zero-order valence-electron chi connectivity index (χ0n) is 23.6. The van der Waals surface area contributed by atoms with E-state index in [4.69, 9.17) is 14.2 Å². The minimum atomic E-state index is -3.06. The van der Waals surface area contributed by atoms with Gasteiger partial charge in [0.05, 0.1) is 17.6 Å². The summed E-state index contributed by atoms with van der Waals surface area (Å²) in [5, 5.41) is 20.1. The lowest BCUT2D eigenvalue weighted by Gasteiger charge is -2.31. The van der Waals surface area contributed by atoms with E-state index in [0.717, 1.165) is 39.1 Å². The Kier molecular flexibility index (Phi) is 9.90. The van der Waals surface area contributed by atoms with Crippen LogP contribution in [0.2, 0.25) is 0 Å². The predicted molar refractivity (Wildman–Crippen MR) is 157 cm³/mol. The minimum Gasteiger partial charge on any atom is -0.491 e. The Balaban J connectivity index is 1.40. The van der Waals surface area contributed by atoms with E-state index in [0.29, 0.717) is 25.4 Å². The van der Waals surface area contributed by atoms with E-state index in [9.17, 15) is 18.6 Å². The number of aliphatic hydroxyl groups excluding tert-OH is 1. The molecule has 1 atom stereocenters. The lowest BCUT2D eigenvalue weighted by Crippen LogP contribution is -2.43. The number of aliphatic hydroxyl groups is 2. The van der Waals surface area contributed by atoms with Crippen LogP contribution in [0, 0.1) is 13.8 Å². The van der Waals surface area contributed by atoms with E-state index < -0.39 is 15.4 Å². The van der Waals surface area contributed by atoms with Gasteiger partial charge in [-0.05, 0) is 97.3 Å². The van der Waals surface area contributed by atoms with Gasteiger partial charge in [-0.1, -0.05) is 30.3 Å². The van der Waals surface area contributed by atoms with Crippen LogP contribution in [0.15, 0.2) is 60.7 Å². The lowest BCUT2D eigenvalue weighted by molar-refractivity contribution is -0.0128. The number of ether oxygens (including phenoxy) is 3. The molecule has 1 aliphatic heterocycles. The van der Waals surface area contributed by atoms with E-state index in [-0.39, 0.29) is 43.7 Å². The number of benzene rings is 3. The van der Waals surface area contributed by atoms with Crippen molar-refractivity contribution in [2.75, 3.05) is 31.3 Å². The Morgan fingerprint density at radius 2 is 1.60 bits per heavy atom. The molecule has 0 radical (unpaired) electrons. The van der Waals surface area contributed by atoms with Crippen LogP contribution in [0.25, 0.3) is 11.1 Å². The van der Waals surface area contributed by atoms with Gasteiger partial charge in [-0.3, -0.25) is 0 Å². The maximum absolute atomic E-state index is 11.7. The first kappa shape index (κ1) is 30.1. The first-order valence-corrected chi connectivity index (χ1v) is 15.6. The fraction of sp³-hybridized carbons (Fsp3) is 0.438. The van der Waals surface area contributed by atoms with E-state index in [2.05, 4.69) is 12.1 Å². The van der Waals surface area contributed by atoms with E-state index in [1.54, 1.807) is 0 Å². The monoisotopic (exact) mass is 568 g/mol. The first-order chi connectivity index (χ1) is 19.1. The standard InChI is InChI=1S/C32H40O7S/c1-4-37-30(12-15-33)26-8-10-28(11-9-26)38-21-25-6-5-7-27(20-25)31-23(2)18-29(19-24(31)3)39-22-32(34)13-16-40(35,36)17-14-32/h5-11,18-20,30,33-34H,4,12-17,21-22H2,1-3H3/t30-/m0/s1. The Morgan fingerprint density at radius 1 is 0.925 bits per heavy atom. The molecule has 0 aliphatic carbocycles. The highest BCUT2D eigenvalue weighted by Gasteiger charge is 2.36. The summed E-state index contributed by atoms with van der Waals surface area (Å²) in [6.07, 6.45) is 0.824. The van der Waals surface area contributed by atoms with Crippen molar-refractivity contribution in [3.63, 3.8) is 0 Å². The van der Waals surface area contributed by atoms with Crippen LogP contribution in [0.5, 0.6) is 11.5 Å². The number of rotatable bonds is 12. The Morgan fingerprint density at radius 3 is 2.23 bits per heavy atom. The van der Waals surface area contributed by atoms with Crippen molar-refractivity contribution in [1.29, 1.82) is 0 Å². The molecule has 1 aliphatic rings. The van der Waals surface area contributed by atoms with Crippen molar-refractivity contribution in [2.45, 2.75) is 58.3 Å². The highest BCUT2D eigenvalue weighted by molar-refractivity contribution is 7.91. The zero-order valence-corrected chi connectivity index (χ0v) is 24.4. The summed E-state index contributed by atoms with van der Waals surface area (Å²) in [5.41, 5.74) is 5.24. The molecule has 40 heavy (non-hydrogen) atoms. The molecule has 0 saturated carbocycles. The normalized spacial score (nSPS) is 16.8. The summed E-state index contributed by atoms with van der Waals surface area (Å²) in [6, 6.07) is 20.0. The van der Waals surface area contributed by atoms with Crippen molar-refractivity contribution >= 4 is 9.84 Å². The molecule has 7 nitrogen and oxygen atoms in total. The van der Waals surface area contributed by atoms with Crippen LogP contribution >= 0.6 is 0 Å². The van der Waals surface area contributed by atoms with Crippen LogP contribution < -0.4 is 9.47 Å². The molecule has 0 spiro atoms. The SMILES string of the molecule is CCO[C@@H](CCO)c1ccc(OCc2cccc(-c3c(C)cc(OCC4(O)CCS(=O)(=O)CC4)cc3C)c2)cc1. The van der Waals surface area contributed by atoms with Crippen LogP contribution in [0.1, 0.15) is 54.5 Å². The second-order valence-electron chi connectivity index (χ2n) is 10.6. The summed E-state index contributed by atoms with van der Waals surface area (Å²) in [4.78, 5) is 0. The van der Waals surface area contributed by atoms with Crippen LogP contribution in [-0.2, 0) is 21.2 Å². The van der Waals surface area contributed by atoms with Crippen LogP contribution in [-0.4, -0.2) is 55.6 Å². The van der Waals surface area contributed by atoms with Crippen molar-refractivity contribution in [1.82, 2.24) is 0 Å². The average molecular weight is 569 g/mol. The topological polar surface area (TPSA) is 102 Å². The summed E-state index contributed by atoms with van der Waals surface area (Å²) in [6.45, 7) is 7.18. The average Bonchev–Trinajstić information content (AvgIpc) is 2.93. The molecular weight excluding hydrogens is 528 g/mol. The second kappa shape index (κ2) is 13.2. The van der Waals surface area contributed by atoms with Gasteiger partial charge >= 0.3 is 0 Å². The Hall–Kier alpha value is -2.91. The number of sulfone groups is 1. The van der Waals surface area contributed by atoms with Gasteiger partial charge in [0, 0.05) is 19.6 Å². The maximum Gasteiger partial charge on any atom is 0.150 e. The molecule has 0 unspecified atom stereocenters. The summed E-state index contributed by atoms with van der Waals surface area (Å²) >= 11 is 0. The largest absolute Gasteiger partial charge is 0.491 e. The Bertz CT molecular complexity index is 1340. The molecule has 2 N–H and O–H groups in total. The second-order valence-corrected chi connectivity index (χ2v) is 12.9. The van der Waals surface area contributed by atoms with Crippen molar-refractivity contribution < 1.29 is 32.8 Å². The fourth-order valence-electron chi connectivity index (χ4n) is 5.17. The third kappa shape index (κ3) is 7.85. The summed E-state index contributed by atoms with van der Waals surface area (Å²) in [7, 11) is -3.06. The van der Waals surface area contributed by atoms with Gasteiger partial charge in [0.2, 0.25) is 0 Å². The highest BCUT2D eigenvalue weighted by Crippen LogP contribution is 2.33. The molecule has 0 aromatic heterocycles. The van der Waals surface area contributed by atoms with Gasteiger partial charge < -0.3 is 24.4 Å². The van der Waals surface area contributed by atoms with Gasteiger partial charge in [-0.25, -0.2) is 8.42 Å². The maximum atomic E-state index is 11.7. The molecule has 0 bridgehead atoms. The van der Waals surface area contributed by atoms with Gasteiger partial charge in [0.1, 0.15) is 30.3 Å². The first-order valence-electron chi connectivity index (χ1n) is 13.8. The van der Waals surface area contributed by atoms with E-state index in [1.165, 1.54) is 0 Å².